The molecule has 0 unspecified atom stereocenters. The van der Waals surface area contributed by atoms with E-state index in [0.717, 1.165) is 5.56 Å². The second-order valence-electron chi connectivity index (χ2n) is 4.74. The summed E-state index contributed by atoms with van der Waals surface area (Å²) in [4.78, 5) is 18.8. The Labute approximate surface area is 106 Å². The Hall–Kier alpha value is -1.59. The lowest BCUT2D eigenvalue weighted by atomic mass is 10.1. The van der Waals surface area contributed by atoms with Gasteiger partial charge in [-0.25, -0.2) is 4.79 Å². The Kier molecular flexibility index (Phi) is 3.17. The number of nitrogens with zero attached hydrogens (tertiary/aromatic N) is 1. The molecular weight excluding hydrogens is 232 g/mol. The first-order valence-electron chi connectivity index (χ1n) is 6.16. The molecule has 1 N–H and O–H groups in total. The lowest BCUT2D eigenvalue weighted by Gasteiger charge is -2.17. The van der Waals surface area contributed by atoms with E-state index in [4.69, 9.17) is 9.57 Å². The van der Waals surface area contributed by atoms with E-state index in [1.54, 1.807) is 4.90 Å². The van der Waals surface area contributed by atoms with Gasteiger partial charge in [0.05, 0.1) is 12.6 Å². The molecule has 0 radical (unpaired) electrons. The highest BCUT2D eigenvalue weighted by molar-refractivity contribution is 5.68. The molecule has 2 atom stereocenters. The van der Waals surface area contributed by atoms with Crippen LogP contribution in [0.15, 0.2) is 30.3 Å². The van der Waals surface area contributed by atoms with Gasteiger partial charge in [-0.1, -0.05) is 30.3 Å². The summed E-state index contributed by atoms with van der Waals surface area (Å²) in [6.07, 6.45) is -0.241. The van der Waals surface area contributed by atoms with E-state index < -0.39 is 0 Å². The smallest absolute Gasteiger partial charge is 0.410 e. The van der Waals surface area contributed by atoms with Gasteiger partial charge in [-0.3, -0.25) is 0 Å². The van der Waals surface area contributed by atoms with Gasteiger partial charge in [-0.15, -0.1) is 0 Å². The molecule has 18 heavy (non-hydrogen) atoms. The number of fused-ring (bicyclic) bond motifs is 1. The van der Waals surface area contributed by atoms with E-state index in [1.165, 1.54) is 0 Å². The maximum atomic E-state index is 11.9. The highest BCUT2D eigenvalue weighted by Crippen LogP contribution is 2.22. The third kappa shape index (κ3) is 2.32. The highest BCUT2D eigenvalue weighted by atomic mass is 16.7. The summed E-state index contributed by atoms with van der Waals surface area (Å²) < 4.78 is 5.30. The Morgan fingerprint density at radius 2 is 2.22 bits per heavy atom. The van der Waals surface area contributed by atoms with Gasteiger partial charge in [-0.2, -0.15) is 5.48 Å². The second kappa shape index (κ2) is 4.96. The molecule has 2 aliphatic heterocycles. The van der Waals surface area contributed by atoms with Crippen molar-refractivity contribution in [3.8, 4) is 0 Å². The maximum Gasteiger partial charge on any atom is 0.410 e. The van der Waals surface area contributed by atoms with Gasteiger partial charge >= 0.3 is 6.09 Å². The standard InChI is InChI=1S/C13H16N2O3/c16-13(17-8-10-4-2-1-3-5-10)15-6-11-9-18-14-12(11)7-15/h1-5,11-12,14H,6-9H2/t11-,12-/m0/s1. The van der Waals surface area contributed by atoms with Crippen molar-refractivity contribution < 1.29 is 14.4 Å². The van der Waals surface area contributed by atoms with Gasteiger partial charge in [-0.05, 0) is 5.56 Å². The fourth-order valence-electron chi connectivity index (χ4n) is 2.40. The average molecular weight is 248 g/mol. The minimum Gasteiger partial charge on any atom is -0.445 e. The van der Waals surface area contributed by atoms with Crippen LogP contribution >= 0.6 is 0 Å². The zero-order chi connectivity index (χ0) is 12.4. The number of likely N-dealkylation sites (tertiary alicyclic amines) is 1. The SMILES string of the molecule is O=C(OCc1ccccc1)N1C[C@H]2CON[C@H]2C1. The summed E-state index contributed by atoms with van der Waals surface area (Å²) in [7, 11) is 0. The first-order valence-corrected chi connectivity index (χ1v) is 6.16. The minimum atomic E-state index is -0.241. The van der Waals surface area contributed by atoms with Crippen LogP contribution in [0.1, 0.15) is 5.56 Å². The number of hydroxylamine groups is 1. The molecule has 2 fully saturated rings. The summed E-state index contributed by atoms with van der Waals surface area (Å²) in [5.41, 5.74) is 3.93. The number of nitrogens with one attached hydrogen (secondary N) is 1. The molecule has 1 aromatic carbocycles. The molecule has 5 nitrogen and oxygen atoms in total. The molecule has 1 aromatic rings. The van der Waals surface area contributed by atoms with E-state index in [1.807, 2.05) is 30.3 Å². The molecule has 0 saturated carbocycles. The second-order valence-corrected chi connectivity index (χ2v) is 4.74. The van der Waals surface area contributed by atoms with Crippen molar-refractivity contribution in [3.05, 3.63) is 35.9 Å². The van der Waals surface area contributed by atoms with Crippen molar-refractivity contribution in [3.63, 3.8) is 0 Å². The number of carbonyl (C=O) groups is 1. The van der Waals surface area contributed by atoms with E-state index in [0.29, 0.717) is 32.2 Å². The van der Waals surface area contributed by atoms with Crippen LogP contribution < -0.4 is 5.48 Å². The van der Waals surface area contributed by atoms with Crippen LogP contribution in [0.3, 0.4) is 0 Å². The van der Waals surface area contributed by atoms with Gasteiger partial charge in [0.15, 0.2) is 0 Å². The van der Waals surface area contributed by atoms with Gasteiger partial charge in [0.1, 0.15) is 6.61 Å². The number of carbonyl (C=O) groups excluding carboxylic acids is 1. The monoisotopic (exact) mass is 248 g/mol. The predicted molar refractivity (Wildman–Crippen MR) is 64.6 cm³/mol. The average Bonchev–Trinajstić information content (AvgIpc) is 2.98. The van der Waals surface area contributed by atoms with Gasteiger partial charge in [0.2, 0.25) is 0 Å². The fourth-order valence-corrected chi connectivity index (χ4v) is 2.40. The van der Waals surface area contributed by atoms with E-state index >= 15 is 0 Å². The van der Waals surface area contributed by atoms with Crippen molar-refractivity contribution in [1.29, 1.82) is 0 Å². The molecule has 1 amide bonds. The van der Waals surface area contributed by atoms with Crippen molar-refractivity contribution in [2.75, 3.05) is 19.7 Å². The molecule has 0 aromatic heterocycles. The van der Waals surface area contributed by atoms with Gasteiger partial charge in [0.25, 0.3) is 0 Å². The largest absolute Gasteiger partial charge is 0.445 e. The van der Waals surface area contributed by atoms with Crippen LogP contribution in [-0.4, -0.2) is 36.7 Å². The van der Waals surface area contributed by atoms with Crippen LogP contribution in [0.4, 0.5) is 4.79 Å². The summed E-state index contributed by atoms with van der Waals surface area (Å²) in [6.45, 7) is 2.38. The van der Waals surface area contributed by atoms with Crippen LogP contribution in [0.5, 0.6) is 0 Å². The molecule has 2 saturated heterocycles. The minimum absolute atomic E-state index is 0.241. The van der Waals surface area contributed by atoms with E-state index in [9.17, 15) is 4.79 Å². The molecular formula is C13H16N2O3. The Morgan fingerprint density at radius 1 is 1.39 bits per heavy atom. The van der Waals surface area contributed by atoms with E-state index in [-0.39, 0.29) is 12.1 Å². The Bertz CT molecular complexity index is 412. The number of hydrogen-bond acceptors (Lipinski definition) is 4. The zero-order valence-corrected chi connectivity index (χ0v) is 10.0. The Morgan fingerprint density at radius 3 is 3.00 bits per heavy atom. The topological polar surface area (TPSA) is 50.8 Å². The predicted octanol–water partition coefficient (Wildman–Crippen LogP) is 1.16. The number of benzene rings is 1. The number of rotatable bonds is 2. The quantitative estimate of drug-likeness (QED) is 0.853. The first kappa shape index (κ1) is 11.5. The van der Waals surface area contributed by atoms with Crippen LogP contribution in [0.25, 0.3) is 0 Å². The van der Waals surface area contributed by atoms with Crippen molar-refractivity contribution in [2.45, 2.75) is 12.6 Å². The summed E-state index contributed by atoms with van der Waals surface area (Å²) in [5, 5.41) is 0. The molecule has 0 bridgehead atoms. The number of ether oxygens (including phenoxy) is 1. The lowest BCUT2D eigenvalue weighted by molar-refractivity contribution is 0.0628. The fraction of sp³-hybridized carbons (Fsp3) is 0.462. The number of hydrogen-bond donors (Lipinski definition) is 1. The van der Waals surface area contributed by atoms with Crippen LogP contribution in [-0.2, 0) is 16.2 Å². The first-order chi connectivity index (χ1) is 8.83. The summed E-state index contributed by atoms with van der Waals surface area (Å²) in [6, 6.07) is 9.96. The van der Waals surface area contributed by atoms with Crippen LogP contribution in [0, 0.1) is 5.92 Å². The van der Waals surface area contributed by atoms with Crippen LogP contribution in [0.2, 0.25) is 0 Å². The van der Waals surface area contributed by atoms with Crippen molar-refractivity contribution in [2.24, 2.45) is 5.92 Å². The molecule has 2 heterocycles. The summed E-state index contributed by atoms with van der Waals surface area (Å²) >= 11 is 0. The van der Waals surface area contributed by atoms with Crippen molar-refractivity contribution >= 4 is 6.09 Å². The normalized spacial score (nSPS) is 26.1. The maximum absolute atomic E-state index is 11.9. The molecule has 5 heteroatoms. The summed E-state index contributed by atoms with van der Waals surface area (Å²) in [5.74, 6) is 0.397. The zero-order valence-electron chi connectivity index (χ0n) is 10.0. The highest BCUT2D eigenvalue weighted by Gasteiger charge is 2.39. The van der Waals surface area contributed by atoms with Gasteiger partial charge < -0.3 is 14.5 Å². The lowest BCUT2D eigenvalue weighted by Crippen LogP contribution is -2.33. The molecule has 0 spiro atoms. The third-order valence-electron chi connectivity index (χ3n) is 3.44. The molecule has 2 aliphatic rings. The third-order valence-corrected chi connectivity index (χ3v) is 3.44. The Balaban J connectivity index is 1.50. The molecule has 0 aliphatic carbocycles. The molecule has 96 valence electrons. The van der Waals surface area contributed by atoms with Crippen molar-refractivity contribution in [1.82, 2.24) is 10.4 Å². The number of amides is 1. The van der Waals surface area contributed by atoms with Gasteiger partial charge in [0, 0.05) is 19.0 Å². The van der Waals surface area contributed by atoms with E-state index in [2.05, 4.69) is 5.48 Å². The molecule has 3 rings (SSSR count).